The van der Waals surface area contributed by atoms with Crippen LogP contribution in [0.5, 0.6) is 5.75 Å². The van der Waals surface area contributed by atoms with Crippen molar-refractivity contribution < 1.29 is 9.53 Å². The maximum absolute atomic E-state index is 12.3. The predicted octanol–water partition coefficient (Wildman–Crippen LogP) is 4.13. The number of hydrogen-bond donors (Lipinski definition) is 0. The molecule has 0 N–H and O–H groups in total. The third kappa shape index (κ3) is 4.48. The van der Waals surface area contributed by atoms with Crippen LogP contribution in [0.3, 0.4) is 0 Å². The zero-order valence-electron chi connectivity index (χ0n) is 13.3. The van der Waals surface area contributed by atoms with E-state index >= 15 is 0 Å². The van der Waals surface area contributed by atoms with Gasteiger partial charge in [0.25, 0.3) is 5.91 Å². The Kier molecular flexibility index (Phi) is 6.09. The molecular formula is C18H27NO2. The van der Waals surface area contributed by atoms with Gasteiger partial charge in [-0.25, -0.2) is 0 Å². The summed E-state index contributed by atoms with van der Waals surface area (Å²) in [4.78, 5) is 14.2. The third-order valence-electron chi connectivity index (χ3n) is 4.34. The number of carbonyl (C=O) groups is 1. The summed E-state index contributed by atoms with van der Waals surface area (Å²) in [7, 11) is 0. The van der Waals surface area contributed by atoms with E-state index in [2.05, 4.69) is 0 Å². The van der Waals surface area contributed by atoms with Crippen molar-refractivity contribution in [1.29, 1.82) is 0 Å². The molecule has 0 heterocycles. The van der Waals surface area contributed by atoms with Gasteiger partial charge < -0.3 is 9.64 Å². The Balaban J connectivity index is 1.95. The first-order chi connectivity index (χ1) is 10.2. The number of rotatable bonds is 6. The van der Waals surface area contributed by atoms with Crippen LogP contribution in [0.15, 0.2) is 24.3 Å². The molecule has 116 valence electrons. The number of hydrogen-bond acceptors (Lipinski definition) is 2. The summed E-state index contributed by atoms with van der Waals surface area (Å²) >= 11 is 0. The number of benzene rings is 1. The smallest absolute Gasteiger partial charge is 0.253 e. The largest absolute Gasteiger partial charge is 0.493 e. The summed E-state index contributed by atoms with van der Waals surface area (Å²) in [6, 6.07) is 7.60. The van der Waals surface area contributed by atoms with Crippen LogP contribution < -0.4 is 4.74 Å². The second-order valence-corrected chi connectivity index (χ2v) is 5.82. The minimum atomic E-state index is 0.0862. The third-order valence-corrected chi connectivity index (χ3v) is 4.34. The molecule has 1 aliphatic carbocycles. The SMILES string of the molecule is CCN(CC)C(=O)c1cccc(OCC2CCCCC2)c1. The molecule has 1 saturated carbocycles. The van der Waals surface area contributed by atoms with Gasteiger partial charge in [-0.15, -0.1) is 0 Å². The lowest BCUT2D eigenvalue weighted by molar-refractivity contribution is 0.0772. The van der Waals surface area contributed by atoms with Gasteiger partial charge in [0.1, 0.15) is 5.75 Å². The van der Waals surface area contributed by atoms with Crippen molar-refractivity contribution in [3.05, 3.63) is 29.8 Å². The maximum atomic E-state index is 12.3. The molecule has 0 saturated heterocycles. The molecule has 0 aromatic heterocycles. The second kappa shape index (κ2) is 8.06. The van der Waals surface area contributed by atoms with Crippen molar-refractivity contribution in [3.8, 4) is 5.75 Å². The van der Waals surface area contributed by atoms with Crippen LogP contribution >= 0.6 is 0 Å². The fourth-order valence-electron chi connectivity index (χ4n) is 2.98. The van der Waals surface area contributed by atoms with E-state index in [1.807, 2.05) is 43.0 Å². The molecule has 1 aliphatic rings. The van der Waals surface area contributed by atoms with E-state index in [-0.39, 0.29) is 5.91 Å². The topological polar surface area (TPSA) is 29.5 Å². The normalized spacial score (nSPS) is 15.7. The Morgan fingerprint density at radius 3 is 2.57 bits per heavy atom. The van der Waals surface area contributed by atoms with Gasteiger partial charge in [0.15, 0.2) is 0 Å². The number of ether oxygens (including phenoxy) is 1. The minimum Gasteiger partial charge on any atom is -0.493 e. The van der Waals surface area contributed by atoms with Gasteiger partial charge >= 0.3 is 0 Å². The van der Waals surface area contributed by atoms with Crippen LogP contribution in [0, 0.1) is 5.92 Å². The van der Waals surface area contributed by atoms with Crippen LogP contribution in [0.4, 0.5) is 0 Å². The van der Waals surface area contributed by atoms with Crippen LogP contribution in [0.1, 0.15) is 56.3 Å². The van der Waals surface area contributed by atoms with Crippen molar-refractivity contribution in [1.82, 2.24) is 4.90 Å². The molecule has 1 aromatic carbocycles. The van der Waals surface area contributed by atoms with Gasteiger partial charge in [0, 0.05) is 18.7 Å². The highest BCUT2D eigenvalue weighted by Crippen LogP contribution is 2.25. The van der Waals surface area contributed by atoms with Crippen molar-refractivity contribution in [3.63, 3.8) is 0 Å². The van der Waals surface area contributed by atoms with Crippen LogP contribution in [-0.2, 0) is 0 Å². The predicted molar refractivity (Wildman–Crippen MR) is 85.8 cm³/mol. The highest BCUT2D eigenvalue weighted by Gasteiger charge is 2.15. The van der Waals surface area contributed by atoms with E-state index < -0.39 is 0 Å². The van der Waals surface area contributed by atoms with Gasteiger partial charge in [-0.2, -0.15) is 0 Å². The fourth-order valence-corrected chi connectivity index (χ4v) is 2.98. The standard InChI is InChI=1S/C18H27NO2/c1-3-19(4-2)18(20)16-11-8-12-17(13-16)21-14-15-9-6-5-7-10-15/h8,11-13,15H,3-7,9-10,14H2,1-2H3. The highest BCUT2D eigenvalue weighted by molar-refractivity contribution is 5.94. The molecule has 3 nitrogen and oxygen atoms in total. The fraction of sp³-hybridized carbons (Fsp3) is 0.611. The van der Waals surface area contributed by atoms with E-state index in [1.165, 1.54) is 32.1 Å². The van der Waals surface area contributed by atoms with E-state index in [1.54, 1.807) is 0 Å². The molecule has 0 aliphatic heterocycles. The molecule has 2 rings (SSSR count). The molecule has 1 aromatic rings. The maximum Gasteiger partial charge on any atom is 0.253 e. The lowest BCUT2D eigenvalue weighted by Gasteiger charge is -2.22. The Bertz CT molecular complexity index is 448. The van der Waals surface area contributed by atoms with Crippen LogP contribution in [0.2, 0.25) is 0 Å². The van der Waals surface area contributed by atoms with Crippen LogP contribution in [-0.4, -0.2) is 30.5 Å². The molecule has 0 unspecified atom stereocenters. The Morgan fingerprint density at radius 1 is 1.19 bits per heavy atom. The summed E-state index contributed by atoms with van der Waals surface area (Å²) in [5, 5.41) is 0. The molecule has 0 radical (unpaired) electrons. The second-order valence-electron chi connectivity index (χ2n) is 5.82. The van der Waals surface area contributed by atoms with Crippen LogP contribution in [0.25, 0.3) is 0 Å². The van der Waals surface area contributed by atoms with E-state index in [4.69, 9.17) is 4.74 Å². The lowest BCUT2D eigenvalue weighted by atomic mass is 9.90. The summed E-state index contributed by atoms with van der Waals surface area (Å²) in [6.45, 7) is 6.27. The lowest BCUT2D eigenvalue weighted by Crippen LogP contribution is -2.30. The quantitative estimate of drug-likeness (QED) is 0.788. The Hall–Kier alpha value is -1.51. The molecule has 0 bridgehead atoms. The molecule has 21 heavy (non-hydrogen) atoms. The van der Waals surface area contributed by atoms with Crippen molar-refractivity contribution >= 4 is 5.91 Å². The first kappa shape index (κ1) is 15.9. The highest BCUT2D eigenvalue weighted by atomic mass is 16.5. The molecule has 0 spiro atoms. The van der Waals surface area contributed by atoms with Gasteiger partial charge in [-0.1, -0.05) is 25.3 Å². The average molecular weight is 289 g/mol. The van der Waals surface area contributed by atoms with E-state index in [9.17, 15) is 4.79 Å². The molecular weight excluding hydrogens is 262 g/mol. The minimum absolute atomic E-state index is 0.0862. The monoisotopic (exact) mass is 289 g/mol. The Labute approximate surface area is 128 Å². The first-order valence-corrected chi connectivity index (χ1v) is 8.26. The van der Waals surface area contributed by atoms with Gasteiger partial charge in [-0.3, -0.25) is 4.79 Å². The van der Waals surface area contributed by atoms with Crippen molar-refractivity contribution in [2.75, 3.05) is 19.7 Å². The summed E-state index contributed by atoms with van der Waals surface area (Å²) in [5.41, 5.74) is 0.722. The van der Waals surface area contributed by atoms with Crippen molar-refractivity contribution in [2.45, 2.75) is 46.0 Å². The summed E-state index contributed by atoms with van der Waals surface area (Å²) in [5.74, 6) is 1.59. The van der Waals surface area contributed by atoms with E-state index in [0.29, 0.717) is 5.92 Å². The summed E-state index contributed by atoms with van der Waals surface area (Å²) < 4.78 is 5.91. The van der Waals surface area contributed by atoms with Gasteiger partial charge in [-0.05, 0) is 50.8 Å². The number of amides is 1. The number of carbonyl (C=O) groups excluding carboxylic acids is 1. The summed E-state index contributed by atoms with van der Waals surface area (Å²) in [6.07, 6.45) is 6.57. The zero-order chi connectivity index (χ0) is 15.1. The molecule has 1 amide bonds. The van der Waals surface area contributed by atoms with Gasteiger partial charge in [0.05, 0.1) is 6.61 Å². The zero-order valence-corrected chi connectivity index (χ0v) is 13.3. The first-order valence-electron chi connectivity index (χ1n) is 8.26. The van der Waals surface area contributed by atoms with Crippen molar-refractivity contribution in [2.24, 2.45) is 5.92 Å². The van der Waals surface area contributed by atoms with Gasteiger partial charge in [0.2, 0.25) is 0 Å². The molecule has 1 fully saturated rings. The molecule has 0 atom stereocenters. The number of nitrogens with zero attached hydrogens (tertiary/aromatic N) is 1. The molecule has 3 heteroatoms. The Morgan fingerprint density at radius 2 is 1.90 bits per heavy atom. The van der Waals surface area contributed by atoms with E-state index in [0.717, 1.165) is 31.0 Å². The average Bonchev–Trinajstić information content (AvgIpc) is 2.55.